The Bertz CT molecular complexity index is 992. The van der Waals surface area contributed by atoms with Crippen LogP contribution in [0.4, 0.5) is 10.5 Å². The van der Waals surface area contributed by atoms with Gasteiger partial charge in [-0.15, -0.1) is 0 Å². The highest BCUT2D eigenvalue weighted by Crippen LogP contribution is 2.33. The standard InChI is InChI=1S/C21H23N3O4S/c1-5-28-17-8-6-16(7-9-17)22-19(25)12-24-20(26)18(29-21(24)27)11-15-10-13(2)23(4)14(15)3/h6-11H,5,12H2,1-4H3,(H,22,25)/b18-11-. The van der Waals surface area contributed by atoms with Gasteiger partial charge in [-0.1, -0.05) is 0 Å². The summed E-state index contributed by atoms with van der Waals surface area (Å²) < 4.78 is 7.37. The van der Waals surface area contributed by atoms with Crippen LogP contribution < -0.4 is 10.1 Å². The second-order valence-electron chi connectivity index (χ2n) is 6.66. The molecule has 2 heterocycles. The Labute approximate surface area is 173 Å². The van der Waals surface area contributed by atoms with Gasteiger partial charge in [-0.25, -0.2) is 0 Å². The summed E-state index contributed by atoms with van der Waals surface area (Å²) in [6, 6.07) is 8.86. The topological polar surface area (TPSA) is 80.6 Å². The van der Waals surface area contributed by atoms with Crippen molar-refractivity contribution in [1.29, 1.82) is 0 Å². The highest BCUT2D eigenvalue weighted by Gasteiger charge is 2.36. The van der Waals surface area contributed by atoms with E-state index < -0.39 is 17.1 Å². The summed E-state index contributed by atoms with van der Waals surface area (Å²) in [5.74, 6) is -0.194. The fourth-order valence-corrected chi connectivity index (χ4v) is 3.78. The first-order valence-electron chi connectivity index (χ1n) is 9.21. The smallest absolute Gasteiger partial charge is 0.294 e. The van der Waals surface area contributed by atoms with E-state index in [0.717, 1.165) is 33.6 Å². The van der Waals surface area contributed by atoms with Crippen LogP contribution in [0.15, 0.2) is 35.2 Å². The molecule has 1 aliphatic rings. The molecule has 0 unspecified atom stereocenters. The number of aromatic nitrogens is 1. The van der Waals surface area contributed by atoms with Crippen molar-refractivity contribution >= 4 is 40.6 Å². The predicted molar refractivity (Wildman–Crippen MR) is 114 cm³/mol. The van der Waals surface area contributed by atoms with E-state index in [1.807, 2.05) is 38.5 Å². The van der Waals surface area contributed by atoms with Crippen LogP contribution in [0.3, 0.4) is 0 Å². The zero-order valence-corrected chi connectivity index (χ0v) is 17.6. The molecule has 8 heteroatoms. The number of rotatable bonds is 6. The van der Waals surface area contributed by atoms with Crippen molar-refractivity contribution in [2.24, 2.45) is 7.05 Å². The van der Waals surface area contributed by atoms with Gasteiger partial charge in [0.05, 0.1) is 11.5 Å². The summed E-state index contributed by atoms with van der Waals surface area (Å²) in [4.78, 5) is 38.5. The summed E-state index contributed by atoms with van der Waals surface area (Å²) in [6.45, 7) is 6.04. The van der Waals surface area contributed by atoms with Gasteiger partial charge in [0.15, 0.2) is 0 Å². The van der Waals surface area contributed by atoms with E-state index >= 15 is 0 Å². The second kappa shape index (κ2) is 8.57. The van der Waals surface area contributed by atoms with Gasteiger partial charge in [0, 0.05) is 24.1 Å². The third-order valence-corrected chi connectivity index (χ3v) is 5.63. The molecule has 152 valence electrons. The van der Waals surface area contributed by atoms with Crippen molar-refractivity contribution in [2.75, 3.05) is 18.5 Å². The first kappa shape index (κ1) is 20.7. The third-order valence-electron chi connectivity index (χ3n) is 4.73. The van der Waals surface area contributed by atoms with Gasteiger partial charge in [-0.3, -0.25) is 19.3 Å². The lowest BCUT2D eigenvalue weighted by molar-refractivity contribution is -0.127. The van der Waals surface area contributed by atoms with Gasteiger partial charge in [0.2, 0.25) is 5.91 Å². The molecule has 1 aromatic carbocycles. The zero-order chi connectivity index (χ0) is 21.1. The minimum absolute atomic E-state index is 0.317. The quantitative estimate of drug-likeness (QED) is 0.730. The lowest BCUT2D eigenvalue weighted by Crippen LogP contribution is -2.36. The minimum Gasteiger partial charge on any atom is -0.494 e. The van der Waals surface area contributed by atoms with Crippen LogP contribution >= 0.6 is 11.8 Å². The summed E-state index contributed by atoms with van der Waals surface area (Å²) >= 11 is 0.849. The van der Waals surface area contributed by atoms with E-state index in [1.165, 1.54) is 0 Å². The number of hydrogen-bond acceptors (Lipinski definition) is 5. The summed E-state index contributed by atoms with van der Waals surface area (Å²) in [7, 11) is 1.94. The monoisotopic (exact) mass is 413 g/mol. The van der Waals surface area contributed by atoms with Gasteiger partial charge in [-0.2, -0.15) is 0 Å². The molecule has 1 saturated heterocycles. The molecule has 3 amide bonds. The molecule has 0 radical (unpaired) electrons. The Morgan fingerprint density at radius 2 is 1.90 bits per heavy atom. The number of anilines is 1. The Morgan fingerprint density at radius 3 is 2.48 bits per heavy atom. The molecule has 3 rings (SSSR count). The predicted octanol–water partition coefficient (Wildman–Crippen LogP) is 3.72. The van der Waals surface area contributed by atoms with Gasteiger partial charge >= 0.3 is 0 Å². The number of nitrogens with zero attached hydrogens (tertiary/aromatic N) is 2. The first-order valence-corrected chi connectivity index (χ1v) is 10.0. The van der Waals surface area contributed by atoms with Gasteiger partial charge in [-0.05, 0) is 74.5 Å². The maximum Gasteiger partial charge on any atom is 0.294 e. The molecular weight excluding hydrogens is 390 g/mol. The van der Waals surface area contributed by atoms with Crippen molar-refractivity contribution in [1.82, 2.24) is 9.47 Å². The highest BCUT2D eigenvalue weighted by atomic mass is 32.2. The molecule has 0 atom stereocenters. The van der Waals surface area contributed by atoms with Crippen LogP contribution in [0.2, 0.25) is 0 Å². The summed E-state index contributed by atoms with van der Waals surface area (Å²) in [5, 5.41) is 2.24. The number of benzene rings is 1. The number of carbonyl (C=O) groups is 3. The van der Waals surface area contributed by atoms with Gasteiger partial charge < -0.3 is 14.6 Å². The molecule has 1 aliphatic heterocycles. The molecule has 0 aliphatic carbocycles. The number of imide groups is 1. The molecule has 29 heavy (non-hydrogen) atoms. The molecule has 0 saturated carbocycles. The average molecular weight is 413 g/mol. The fraction of sp³-hybridized carbons (Fsp3) is 0.286. The van der Waals surface area contributed by atoms with Crippen LogP contribution in [0.1, 0.15) is 23.9 Å². The van der Waals surface area contributed by atoms with Crippen LogP contribution in [0, 0.1) is 13.8 Å². The molecule has 0 bridgehead atoms. The SMILES string of the molecule is CCOc1ccc(NC(=O)CN2C(=O)S/C(=C\c3cc(C)n(C)c3C)C2=O)cc1. The number of amides is 3. The van der Waals surface area contributed by atoms with E-state index in [4.69, 9.17) is 4.74 Å². The van der Waals surface area contributed by atoms with Crippen molar-refractivity contribution in [2.45, 2.75) is 20.8 Å². The molecule has 1 N–H and O–H groups in total. The van der Waals surface area contributed by atoms with Crippen molar-refractivity contribution in [3.8, 4) is 5.75 Å². The first-order chi connectivity index (χ1) is 13.8. The Morgan fingerprint density at radius 1 is 1.21 bits per heavy atom. The van der Waals surface area contributed by atoms with Crippen molar-refractivity contribution in [3.05, 3.63) is 52.2 Å². The molecular formula is C21H23N3O4S. The Balaban J connectivity index is 1.67. The van der Waals surface area contributed by atoms with E-state index in [0.29, 0.717) is 22.9 Å². The summed E-state index contributed by atoms with van der Waals surface area (Å²) in [6.07, 6.45) is 1.71. The molecule has 1 aromatic heterocycles. The lowest BCUT2D eigenvalue weighted by atomic mass is 10.2. The number of carbonyl (C=O) groups excluding carboxylic acids is 3. The van der Waals surface area contributed by atoms with Crippen LogP contribution in [0.5, 0.6) is 5.75 Å². The second-order valence-corrected chi connectivity index (χ2v) is 7.65. The third kappa shape index (κ3) is 4.54. The summed E-state index contributed by atoms with van der Waals surface area (Å²) in [5.41, 5.74) is 3.51. The van der Waals surface area contributed by atoms with E-state index in [1.54, 1.807) is 30.3 Å². The Kier molecular flexibility index (Phi) is 6.12. The van der Waals surface area contributed by atoms with Crippen molar-refractivity contribution in [3.63, 3.8) is 0 Å². The van der Waals surface area contributed by atoms with Crippen LogP contribution in [-0.4, -0.2) is 39.7 Å². The minimum atomic E-state index is -0.456. The van der Waals surface area contributed by atoms with Gasteiger partial charge in [0.1, 0.15) is 12.3 Å². The van der Waals surface area contributed by atoms with Crippen molar-refractivity contribution < 1.29 is 19.1 Å². The number of nitrogens with one attached hydrogen (secondary N) is 1. The van der Waals surface area contributed by atoms with E-state index in [-0.39, 0.29) is 6.54 Å². The average Bonchev–Trinajstić information content (AvgIpc) is 3.08. The highest BCUT2D eigenvalue weighted by molar-refractivity contribution is 8.18. The largest absolute Gasteiger partial charge is 0.494 e. The molecule has 2 aromatic rings. The molecule has 1 fully saturated rings. The zero-order valence-electron chi connectivity index (χ0n) is 16.8. The number of aryl methyl sites for hydroxylation is 1. The number of thioether (sulfide) groups is 1. The van der Waals surface area contributed by atoms with Crippen LogP contribution in [0.25, 0.3) is 6.08 Å². The van der Waals surface area contributed by atoms with Gasteiger partial charge in [0.25, 0.3) is 11.1 Å². The number of hydrogen-bond donors (Lipinski definition) is 1. The van der Waals surface area contributed by atoms with Crippen LogP contribution in [-0.2, 0) is 16.6 Å². The normalized spacial score (nSPS) is 15.3. The fourth-order valence-electron chi connectivity index (χ4n) is 2.95. The Hall–Kier alpha value is -3.00. The maximum absolute atomic E-state index is 12.6. The molecule has 0 spiro atoms. The van der Waals surface area contributed by atoms with E-state index in [2.05, 4.69) is 5.32 Å². The number of ether oxygens (including phenoxy) is 1. The lowest BCUT2D eigenvalue weighted by Gasteiger charge is -2.12. The molecule has 7 nitrogen and oxygen atoms in total. The van der Waals surface area contributed by atoms with E-state index in [9.17, 15) is 14.4 Å². The maximum atomic E-state index is 12.6.